The number of hydrogen-bond donors (Lipinski definition) is 1. The van der Waals surface area contributed by atoms with E-state index in [4.69, 9.17) is 4.74 Å². The zero-order valence-electron chi connectivity index (χ0n) is 18.9. The van der Waals surface area contributed by atoms with E-state index in [1.165, 1.54) is 30.4 Å². The lowest BCUT2D eigenvalue weighted by atomic mass is 9.74. The first-order valence-corrected chi connectivity index (χ1v) is 12.5. The number of piperidine rings is 1. The number of rotatable bonds is 6. The lowest BCUT2D eigenvalue weighted by Crippen LogP contribution is -2.49. The smallest absolute Gasteiger partial charge is 0.246 e. The third-order valence-corrected chi connectivity index (χ3v) is 8.45. The molecule has 1 amide bonds. The van der Waals surface area contributed by atoms with Gasteiger partial charge in [-0.25, -0.2) is 0 Å². The molecule has 2 aromatic rings. The average Bonchev–Trinajstić information content (AvgIpc) is 3.54. The number of likely N-dealkylation sites (tertiary alicyclic amines) is 1. The first-order valence-electron chi connectivity index (χ1n) is 12.5. The van der Waals surface area contributed by atoms with Crippen LogP contribution in [0.5, 0.6) is 0 Å². The molecule has 2 aromatic carbocycles. The molecule has 32 heavy (non-hydrogen) atoms. The van der Waals surface area contributed by atoms with Crippen molar-refractivity contribution in [3.05, 3.63) is 70.8 Å². The van der Waals surface area contributed by atoms with E-state index in [0.717, 1.165) is 45.3 Å². The number of ether oxygens (including phenoxy) is 1. The minimum atomic E-state index is 0.0613. The van der Waals surface area contributed by atoms with Gasteiger partial charge in [0.1, 0.15) is 6.61 Å². The molecule has 1 N–H and O–H groups in total. The van der Waals surface area contributed by atoms with Gasteiger partial charge in [0.05, 0.1) is 6.10 Å². The Hall–Kier alpha value is -2.17. The maximum atomic E-state index is 12.4. The summed E-state index contributed by atoms with van der Waals surface area (Å²) in [5.41, 5.74) is 6.29. The third kappa shape index (κ3) is 3.48. The van der Waals surface area contributed by atoms with Gasteiger partial charge in [0.2, 0.25) is 5.91 Å². The minimum absolute atomic E-state index is 0.0613. The molecular weight excluding hydrogens is 396 g/mol. The summed E-state index contributed by atoms with van der Waals surface area (Å²) in [5.74, 6) is 0.616. The van der Waals surface area contributed by atoms with E-state index in [1.807, 2.05) is 0 Å². The van der Waals surface area contributed by atoms with Gasteiger partial charge >= 0.3 is 0 Å². The number of benzene rings is 2. The highest BCUT2D eigenvalue weighted by atomic mass is 16.5. The van der Waals surface area contributed by atoms with Gasteiger partial charge in [0.25, 0.3) is 0 Å². The summed E-state index contributed by atoms with van der Waals surface area (Å²) >= 11 is 0. The second-order valence-electron chi connectivity index (χ2n) is 10.3. The second-order valence-corrected chi connectivity index (χ2v) is 10.3. The fourth-order valence-corrected chi connectivity index (χ4v) is 6.94. The molecular formula is C28H34N2O2. The van der Waals surface area contributed by atoms with E-state index in [0.29, 0.717) is 12.0 Å². The van der Waals surface area contributed by atoms with Crippen LogP contribution in [0, 0.1) is 0 Å². The van der Waals surface area contributed by atoms with Crippen molar-refractivity contribution in [3.8, 4) is 0 Å². The standard InChI is InChI=1S/C28H34N2O2/c31-27(18-32-21-7-1-2-8-21)29-20-13-15-30(16-14-20)19-28-17-24(22-9-3-5-11-25(22)28)23-10-4-6-12-26(23)28/h3-6,9-12,20-21,24H,1-2,7-8,13-19H2,(H,29,31). The predicted octanol–water partition coefficient (Wildman–Crippen LogP) is 4.36. The predicted molar refractivity (Wildman–Crippen MR) is 126 cm³/mol. The minimum Gasteiger partial charge on any atom is -0.368 e. The topological polar surface area (TPSA) is 41.6 Å². The van der Waals surface area contributed by atoms with Crippen LogP contribution in [0.15, 0.2) is 48.5 Å². The highest BCUT2D eigenvalue weighted by Gasteiger charge is 2.53. The van der Waals surface area contributed by atoms with Crippen molar-refractivity contribution in [2.45, 2.75) is 68.4 Å². The largest absolute Gasteiger partial charge is 0.368 e. The highest BCUT2D eigenvalue weighted by molar-refractivity contribution is 5.77. The fourth-order valence-electron chi connectivity index (χ4n) is 6.94. The van der Waals surface area contributed by atoms with E-state index >= 15 is 0 Å². The van der Waals surface area contributed by atoms with Crippen molar-refractivity contribution < 1.29 is 9.53 Å². The molecule has 1 aliphatic heterocycles. The molecule has 1 heterocycles. The van der Waals surface area contributed by atoms with Gasteiger partial charge in [0.15, 0.2) is 0 Å². The summed E-state index contributed by atoms with van der Waals surface area (Å²) < 4.78 is 5.79. The number of carbonyl (C=O) groups is 1. The highest BCUT2D eigenvalue weighted by Crippen LogP contribution is 2.60. The van der Waals surface area contributed by atoms with Crippen LogP contribution in [0.1, 0.15) is 73.1 Å². The van der Waals surface area contributed by atoms with Crippen LogP contribution in [0.25, 0.3) is 0 Å². The van der Waals surface area contributed by atoms with Crippen LogP contribution < -0.4 is 5.32 Å². The third-order valence-electron chi connectivity index (χ3n) is 8.45. The summed E-state index contributed by atoms with van der Waals surface area (Å²) in [5, 5.41) is 3.23. The molecule has 1 saturated heterocycles. The number of amides is 1. The Morgan fingerprint density at radius 1 is 0.938 bits per heavy atom. The second kappa shape index (κ2) is 8.31. The maximum Gasteiger partial charge on any atom is 0.246 e. The number of nitrogens with one attached hydrogen (secondary N) is 1. The summed E-state index contributed by atoms with van der Waals surface area (Å²) in [4.78, 5) is 15.0. The van der Waals surface area contributed by atoms with Gasteiger partial charge in [0, 0.05) is 37.0 Å². The van der Waals surface area contributed by atoms with Crippen LogP contribution in [-0.4, -0.2) is 49.2 Å². The van der Waals surface area contributed by atoms with Gasteiger partial charge in [-0.2, -0.15) is 0 Å². The van der Waals surface area contributed by atoms with Crippen LogP contribution in [-0.2, 0) is 14.9 Å². The zero-order chi connectivity index (χ0) is 21.5. The van der Waals surface area contributed by atoms with E-state index in [9.17, 15) is 4.79 Å². The van der Waals surface area contributed by atoms with Crippen molar-refractivity contribution in [3.63, 3.8) is 0 Å². The molecule has 4 aliphatic rings. The van der Waals surface area contributed by atoms with Crippen LogP contribution in [0.2, 0.25) is 0 Å². The monoisotopic (exact) mass is 430 g/mol. The Morgan fingerprint density at radius 2 is 1.56 bits per heavy atom. The molecule has 6 rings (SSSR count). The summed E-state index contributed by atoms with van der Waals surface area (Å²) in [6.07, 6.45) is 8.26. The van der Waals surface area contributed by atoms with Crippen molar-refractivity contribution in [2.75, 3.05) is 26.2 Å². The van der Waals surface area contributed by atoms with Crippen molar-refractivity contribution in [1.82, 2.24) is 10.2 Å². The van der Waals surface area contributed by atoms with E-state index < -0.39 is 0 Å². The van der Waals surface area contributed by atoms with Gasteiger partial charge in [-0.15, -0.1) is 0 Å². The van der Waals surface area contributed by atoms with Crippen LogP contribution >= 0.6 is 0 Å². The molecule has 4 nitrogen and oxygen atoms in total. The van der Waals surface area contributed by atoms with E-state index in [-0.39, 0.29) is 24.0 Å². The Morgan fingerprint density at radius 3 is 2.22 bits per heavy atom. The fraction of sp³-hybridized carbons (Fsp3) is 0.536. The lowest BCUT2D eigenvalue weighted by molar-refractivity contribution is -0.128. The quantitative estimate of drug-likeness (QED) is 0.740. The van der Waals surface area contributed by atoms with E-state index in [2.05, 4.69) is 58.7 Å². The molecule has 3 aliphatic carbocycles. The van der Waals surface area contributed by atoms with Crippen molar-refractivity contribution >= 4 is 5.91 Å². The number of carbonyl (C=O) groups excluding carboxylic acids is 1. The molecule has 0 unspecified atom stereocenters. The van der Waals surface area contributed by atoms with Gasteiger partial charge in [-0.1, -0.05) is 61.4 Å². The summed E-state index contributed by atoms with van der Waals surface area (Å²) in [6, 6.07) is 18.5. The molecule has 0 aromatic heterocycles. The average molecular weight is 431 g/mol. The Labute approximate surface area is 191 Å². The number of hydrogen-bond acceptors (Lipinski definition) is 3. The first-order chi connectivity index (χ1) is 15.7. The Bertz CT molecular complexity index is 941. The molecule has 2 bridgehead atoms. The molecule has 168 valence electrons. The molecule has 4 heteroatoms. The van der Waals surface area contributed by atoms with Gasteiger partial charge in [-0.3, -0.25) is 4.79 Å². The van der Waals surface area contributed by atoms with Gasteiger partial charge < -0.3 is 15.0 Å². The lowest BCUT2D eigenvalue weighted by Gasteiger charge is -2.40. The number of nitrogens with zero attached hydrogens (tertiary/aromatic N) is 1. The molecule has 0 spiro atoms. The molecule has 0 radical (unpaired) electrons. The Kier molecular flexibility index (Phi) is 5.31. The van der Waals surface area contributed by atoms with Crippen molar-refractivity contribution in [2.24, 2.45) is 0 Å². The zero-order valence-corrected chi connectivity index (χ0v) is 18.9. The number of fused-ring (bicyclic) bond motifs is 8. The SMILES string of the molecule is O=C(COC1CCCC1)NC1CCN(CC23CC(c4ccccc42)c2ccccc23)CC1. The Balaban J connectivity index is 1.09. The molecule has 2 fully saturated rings. The first kappa shape index (κ1) is 20.4. The van der Waals surface area contributed by atoms with E-state index in [1.54, 1.807) is 11.1 Å². The van der Waals surface area contributed by atoms with Crippen LogP contribution in [0.3, 0.4) is 0 Å². The molecule has 1 saturated carbocycles. The molecule has 0 atom stereocenters. The van der Waals surface area contributed by atoms with Crippen molar-refractivity contribution in [1.29, 1.82) is 0 Å². The normalized spacial score (nSPS) is 27.4. The van der Waals surface area contributed by atoms with Gasteiger partial charge in [-0.05, 0) is 54.4 Å². The maximum absolute atomic E-state index is 12.4. The van der Waals surface area contributed by atoms with Crippen LogP contribution in [0.4, 0.5) is 0 Å². The summed E-state index contributed by atoms with van der Waals surface area (Å²) in [7, 11) is 0. The summed E-state index contributed by atoms with van der Waals surface area (Å²) in [6.45, 7) is 3.41.